The van der Waals surface area contributed by atoms with E-state index in [1.54, 1.807) is 6.08 Å². The average molecular weight is 325 g/mol. The highest BCUT2D eigenvalue weighted by atomic mass is 16.3. The summed E-state index contributed by atoms with van der Waals surface area (Å²) >= 11 is 0. The third-order valence-corrected chi connectivity index (χ3v) is 7.93. The van der Waals surface area contributed by atoms with Gasteiger partial charge in [-0.05, 0) is 69.6 Å². The molecule has 2 saturated carbocycles. The van der Waals surface area contributed by atoms with Crippen molar-refractivity contribution in [3.8, 4) is 0 Å². The smallest absolute Gasteiger partial charge is 0.0933 e. The second-order valence-corrected chi connectivity index (χ2v) is 9.22. The van der Waals surface area contributed by atoms with Crippen LogP contribution in [0.4, 0.5) is 0 Å². The molecule has 0 saturated heterocycles. The molecule has 2 aliphatic rings. The van der Waals surface area contributed by atoms with Gasteiger partial charge >= 0.3 is 0 Å². The lowest BCUT2D eigenvalue weighted by Crippen LogP contribution is -2.65. The van der Waals surface area contributed by atoms with E-state index >= 15 is 0 Å². The summed E-state index contributed by atoms with van der Waals surface area (Å²) in [5.41, 5.74) is -2.10. The van der Waals surface area contributed by atoms with Gasteiger partial charge < -0.3 is 15.3 Å². The molecular formula is C20H36O3. The van der Waals surface area contributed by atoms with Crippen molar-refractivity contribution in [1.82, 2.24) is 0 Å². The van der Waals surface area contributed by atoms with Crippen molar-refractivity contribution in [1.29, 1.82) is 0 Å². The predicted octanol–water partition coefficient (Wildman–Crippen LogP) is 3.67. The van der Waals surface area contributed by atoms with Crippen LogP contribution in [0.3, 0.4) is 0 Å². The Kier molecular flexibility index (Phi) is 4.83. The maximum absolute atomic E-state index is 11.1. The first-order chi connectivity index (χ1) is 10.4. The summed E-state index contributed by atoms with van der Waals surface area (Å²) in [7, 11) is 0. The Bertz CT molecular complexity index is 456. The molecule has 3 heteroatoms. The molecule has 2 unspecified atom stereocenters. The van der Waals surface area contributed by atoms with Crippen LogP contribution in [0, 0.1) is 22.7 Å². The number of rotatable bonds is 4. The lowest BCUT2D eigenvalue weighted by Gasteiger charge is -2.64. The molecule has 0 amide bonds. The molecular weight excluding hydrogens is 288 g/mol. The molecule has 2 aliphatic carbocycles. The van der Waals surface area contributed by atoms with Crippen molar-refractivity contribution < 1.29 is 15.3 Å². The Labute approximate surface area is 141 Å². The van der Waals surface area contributed by atoms with E-state index in [0.717, 1.165) is 25.7 Å². The summed E-state index contributed by atoms with van der Waals surface area (Å²) in [6.07, 6.45) is 6.22. The van der Waals surface area contributed by atoms with E-state index in [4.69, 9.17) is 0 Å². The summed E-state index contributed by atoms with van der Waals surface area (Å²) < 4.78 is 0. The molecule has 0 aromatic rings. The SMILES string of the molecule is C=CC(C)(O)CC[C@]1(C)C2CC[C@@H](O)[C@](C)(O)[C@]2(C)CC[C@H]1C. The minimum absolute atomic E-state index is 0.0597. The van der Waals surface area contributed by atoms with E-state index in [-0.39, 0.29) is 10.8 Å². The number of hydrogen-bond acceptors (Lipinski definition) is 3. The maximum Gasteiger partial charge on any atom is 0.0933 e. The fourth-order valence-electron chi connectivity index (χ4n) is 5.38. The van der Waals surface area contributed by atoms with E-state index in [1.807, 2.05) is 13.8 Å². The Morgan fingerprint density at radius 2 is 1.83 bits per heavy atom. The van der Waals surface area contributed by atoms with Crippen molar-refractivity contribution in [2.75, 3.05) is 0 Å². The second-order valence-electron chi connectivity index (χ2n) is 9.22. The van der Waals surface area contributed by atoms with Gasteiger partial charge in [-0.15, -0.1) is 6.58 Å². The summed E-state index contributed by atoms with van der Waals surface area (Å²) in [5, 5.41) is 31.8. The largest absolute Gasteiger partial charge is 0.390 e. The van der Waals surface area contributed by atoms with E-state index in [1.165, 1.54) is 0 Å². The number of aliphatic hydroxyl groups is 3. The predicted molar refractivity (Wildman–Crippen MR) is 94.0 cm³/mol. The summed E-state index contributed by atoms with van der Waals surface area (Å²) in [4.78, 5) is 0. The van der Waals surface area contributed by atoms with Gasteiger partial charge in [0, 0.05) is 5.41 Å². The van der Waals surface area contributed by atoms with Crippen LogP contribution in [-0.4, -0.2) is 32.6 Å². The van der Waals surface area contributed by atoms with Crippen LogP contribution in [-0.2, 0) is 0 Å². The Hall–Kier alpha value is -0.380. The van der Waals surface area contributed by atoms with Gasteiger partial charge in [0.25, 0.3) is 0 Å². The Balaban J connectivity index is 2.33. The standard InChI is InChI=1S/C20H36O3/c1-7-17(3,22)12-13-18(4)14(2)10-11-19(5)15(18)8-9-16(21)20(19,6)23/h7,14-16,21-23H,1,8-13H2,2-6H3/t14-,15?,16-,17?,18+,19-,20+/m1/s1. The van der Waals surface area contributed by atoms with Crippen LogP contribution in [0.25, 0.3) is 0 Å². The molecule has 0 spiro atoms. The molecule has 7 atom stereocenters. The molecule has 3 nitrogen and oxygen atoms in total. The van der Waals surface area contributed by atoms with Gasteiger partial charge in [0.2, 0.25) is 0 Å². The molecule has 0 aliphatic heterocycles. The molecule has 0 aromatic heterocycles. The molecule has 0 heterocycles. The zero-order valence-corrected chi connectivity index (χ0v) is 15.6. The lowest BCUT2D eigenvalue weighted by atomic mass is 9.43. The first-order valence-electron chi connectivity index (χ1n) is 9.17. The molecule has 2 fully saturated rings. The van der Waals surface area contributed by atoms with Crippen molar-refractivity contribution in [3.63, 3.8) is 0 Å². The van der Waals surface area contributed by atoms with Crippen LogP contribution < -0.4 is 0 Å². The van der Waals surface area contributed by atoms with Gasteiger partial charge in [-0.2, -0.15) is 0 Å². The van der Waals surface area contributed by atoms with Crippen LogP contribution in [0.15, 0.2) is 12.7 Å². The number of fused-ring (bicyclic) bond motifs is 1. The van der Waals surface area contributed by atoms with Crippen molar-refractivity contribution in [2.45, 2.75) is 90.4 Å². The minimum atomic E-state index is -1.04. The highest BCUT2D eigenvalue weighted by Gasteiger charge is 2.62. The zero-order valence-electron chi connectivity index (χ0n) is 15.6. The van der Waals surface area contributed by atoms with Gasteiger partial charge in [-0.3, -0.25) is 0 Å². The van der Waals surface area contributed by atoms with Crippen LogP contribution in [0.1, 0.15) is 73.1 Å². The molecule has 0 radical (unpaired) electrons. The van der Waals surface area contributed by atoms with E-state index in [0.29, 0.717) is 24.7 Å². The third-order valence-electron chi connectivity index (χ3n) is 7.93. The van der Waals surface area contributed by atoms with E-state index < -0.39 is 17.3 Å². The fourth-order valence-corrected chi connectivity index (χ4v) is 5.38. The fraction of sp³-hybridized carbons (Fsp3) is 0.900. The molecule has 3 N–H and O–H groups in total. The van der Waals surface area contributed by atoms with E-state index in [2.05, 4.69) is 27.4 Å². The topological polar surface area (TPSA) is 60.7 Å². The highest BCUT2D eigenvalue weighted by molar-refractivity contribution is 5.12. The number of hydrogen-bond donors (Lipinski definition) is 3. The van der Waals surface area contributed by atoms with Crippen LogP contribution in [0.2, 0.25) is 0 Å². The summed E-state index contributed by atoms with van der Waals surface area (Å²) in [5.74, 6) is 0.907. The Morgan fingerprint density at radius 1 is 1.22 bits per heavy atom. The highest BCUT2D eigenvalue weighted by Crippen LogP contribution is 2.64. The van der Waals surface area contributed by atoms with Crippen molar-refractivity contribution >= 4 is 0 Å². The molecule has 23 heavy (non-hydrogen) atoms. The van der Waals surface area contributed by atoms with Crippen molar-refractivity contribution in [2.24, 2.45) is 22.7 Å². The quantitative estimate of drug-likeness (QED) is 0.692. The maximum atomic E-state index is 11.1. The van der Waals surface area contributed by atoms with Crippen LogP contribution >= 0.6 is 0 Å². The van der Waals surface area contributed by atoms with Gasteiger partial charge in [0.05, 0.1) is 17.3 Å². The Morgan fingerprint density at radius 3 is 2.39 bits per heavy atom. The molecule has 0 aromatic carbocycles. The minimum Gasteiger partial charge on any atom is -0.390 e. The summed E-state index contributed by atoms with van der Waals surface area (Å²) in [6, 6.07) is 0. The molecule has 134 valence electrons. The first-order valence-corrected chi connectivity index (χ1v) is 9.17. The third kappa shape index (κ3) is 2.89. The van der Waals surface area contributed by atoms with Crippen LogP contribution in [0.5, 0.6) is 0 Å². The van der Waals surface area contributed by atoms with Gasteiger partial charge in [-0.1, -0.05) is 26.8 Å². The second kappa shape index (κ2) is 5.86. The molecule has 2 rings (SSSR count). The van der Waals surface area contributed by atoms with E-state index in [9.17, 15) is 15.3 Å². The van der Waals surface area contributed by atoms with Gasteiger partial charge in [0.15, 0.2) is 0 Å². The monoisotopic (exact) mass is 324 g/mol. The first kappa shape index (κ1) is 19.0. The summed E-state index contributed by atoms with van der Waals surface area (Å²) in [6.45, 7) is 14.2. The van der Waals surface area contributed by atoms with Gasteiger partial charge in [-0.25, -0.2) is 0 Å². The molecule has 0 bridgehead atoms. The lowest BCUT2D eigenvalue weighted by molar-refractivity contribution is -0.236. The number of aliphatic hydroxyl groups excluding tert-OH is 1. The zero-order chi connectivity index (χ0) is 17.7. The van der Waals surface area contributed by atoms with Crippen molar-refractivity contribution in [3.05, 3.63) is 12.7 Å². The van der Waals surface area contributed by atoms with Gasteiger partial charge in [0.1, 0.15) is 0 Å². The average Bonchev–Trinajstić information content (AvgIpc) is 2.48. The normalized spacial score (nSPS) is 50.0.